The van der Waals surface area contributed by atoms with Gasteiger partial charge in [0.1, 0.15) is 6.23 Å². The summed E-state index contributed by atoms with van der Waals surface area (Å²) in [5.74, 6) is 0. The number of hydrogen-bond donors (Lipinski definition) is 0. The van der Waals surface area contributed by atoms with Crippen LogP contribution in [0.3, 0.4) is 0 Å². The predicted octanol–water partition coefficient (Wildman–Crippen LogP) is 3.58. The molecule has 2 heterocycles. The van der Waals surface area contributed by atoms with Crippen LogP contribution in [0.5, 0.6) is 0 Å². The molecule has 0 radical (unpaired) electrons. The van der Waals surface area contributed by atoms with E-state index in [1.54, 1.807) is 0 Å². The van der Waals surface area contributed by atoms with E-state index in [1.165, 1.54) is 6.54 Å². The summed E-state index contributed by atoms with van der Waals surface area (Å²) < 4.78 is 9.35. The molecule has 1 fully saturated rings. The monoisotopic (exact) mass is 462 g/mol. The first-order chi connectivity index (χ1) is 11.6. The number of imidazole rings is 1. The molecule has 0 amide bonds. The van der Waals surface area contributed by atoms with Crippen LogP contribution in [0.25, 0.3) is 0 Å². The van der Waals surface area contributed by atoms with Crippen molar-refractivity contribution in [2.24, 2.45) is 5.41 Å². The number of halogens is 1. The summed E-state index contributed by atoms with van der Waals surface area (Å²) >= 11 is 2.35. The molecular weight excluding hydrogens is 427 g/mol. The van der Waals surface area contributed by atoms with E-state index < -0.39 is 0 Å². The Morgan fingerprint density at radius 2 is 1.80 bits per heavy atom. The average molecular weight is 462 g/mol. The topological polar surface area (TPSA) is 33.5 Å². The number of ether oxygens (including phenoxy) is 1. The van der Waals surface area contributed by atoms with Crippen LogP contribution in [-0.2, 0) is 14.7 Å². The lowest BCUT2D eigenvalue weighted by Gasteiger charge is -2.40. The number of rotatable bonds is 7. The molecule has 1 saturated heterocycles. The third kappa shape index (κ3) is 6.48. The Hall–Kier alpha value is -0.180. The summed E-state index contributed by atoms with van der Waals surface area (Å²) in [4.78, 5) is 9.47. The van der Waals surface area contributed by atoms with Crippen LogP contribution in [0.2, 0.25) is 0 Å². The lowest BCUT2D eigenvalue weighted by Crippen LogP contribution is -2.52. The zero-order valence-electron chi connectivity index (χ0n) is 16.8. The molecule has 1 aromatic heterocycles. The first-order valence-corrected chi connectivity index (χ1v) is 10.8. The highest BCUT2D eigenvalue weighted by molar-refractivity contribution is 14.1. The quantitative estimate of drug-likeness (QED) is 0.458. The lowest BCUT2D eigenvalue weighted by molar-refractivity contribution is -0.0868. The molecule has 0 spiro atoms. The van der Waals surface area contributed by atoms with E-state index in [-0.39, 0.29) is 11.8 Å². The third-order valence-electron chi connectivity index (χ3n) is 4.77. The van der Waals surface area contributed by atoms with E-state index in [2.05, 4.69) is 89.7 Å². The Labute approximate surface area is 167 Å². The van der Waals surface area contributed by atoms with Gasteiger partial charge in [-0.15, -0.1) is 0 Å². The molecule has 1 unspecified atom stereocenters. The molecule has 1 aliphatic rings. The molecule has 0 saturated carbocycles. The van der Waals surface area contributed by atoms with Crippen molar-refractivity contribution in [1.29, 1.82) is 0 Å². The van der Waals surface area contributed by atoms with E-state index in [0.29, 0.717) is 12.0 Å². The third-order valence-corrected chi connectivity index (χ3v) is 5.55. The Morgan fingerprint density at radius 3 is 2.32 bits per heavy atom. The van der Waals surface area contributed by atoms with Gasteiger partial charge in [-0.1, -0.05) is 43.4 Å². The van der Waals surface area contributed by atoms with Gasteiger partial charge in [0.05, 0.1) is 24.2 Å². The number of alkyl halides is 1. The van der Waals surface area contributed by atoms with Gasteiger partial charge in [0.15, 0.2) is 0 Å². The van der Waals surface area contributed by atoms with Gasteiger partial charge in [-0.3, -0.25) is 4.90 Å². The average Bonchev–Trinajstić information content (AvgIpc) is 3.02. The Bertz CT molecular complexity index is 530. The summed E-state index contributed by atoms with van der Waals surface area (Å²) in [6.07, 6.45) is 4.21. The van der Waals surface area contributed by atoms with Gasteiger partial charge in [0.25, 0.3) is 0 Å². The fraction of sp³-hybridized carbons (Fsp3) is 0.842. The zero-order chi connectivity index (χ0) is 18.7. The minimum absolute atomic E-state index is 0.0840. The van der Waals surface area contributed by atoms with Crippen molar-refractivity contribution < 1.29 is 4.74 Å². The molecule has 25 heavy (non-hydrogen) atoms. The minimum atomic E-state index is -0.0840. The van der Waals surface area contributed by atoms with Crippen LogP contribution in [0.1, 0.15) is 47.2 Å². The van der Waals surface area contributed by atoms with Crippen molar-refractivity contribution in [2.45, 2.75) is 57.7 Å². The van der Waals surface area contributed by atoms with Crippen molar-refractivity contribution in [3.05, 3.63) is 18.2 Å². The number of piperazine rings is 1. The summed E-state index contributed by atoms with van der Waals surface area (Å²) in [6, 6.07) is 0. The largest absolute Gasteiger partial charge is 0.361 e. The van der Waals surface area contributed by atoms with Crippen molar-refractivity contribution >= 4 is 22.6 Å². The highest BCUT2D eigenvalue weighted by atomic mass is 127. The SMILES string of the molecule is CC(OCC(C)(C)n1cnc(CI)c1)N1CCN(CC(C)(C)C)CC1. The number of aromatic nitrogens is 2. The van der Waals surface area contributed by atoms with Crippen molar-refractivity contribution in [2.75, 3.05) is 39.3 Å². The summed E-state index contributed by atoms with van der Waals surface area (Å²) in [5, 5.41) is 0. The standard InChI is InChI=1S/C19H35IN4O/c1-16(23-9-7-22(8-10-23)13-18(2,3)4)25-14-19(5,6)24-12-17(11-20)21-15-24/h12,15-16H,7-11,13-14H2,1-6H3. The molecule has 0 N–H and O–H groups in total. The second kappa shape index (κ2) is 8.67. The molecule has 1 aromatic rings. The van der Waals surface area contributed by atoms with Crippen molar-refractivity contribution in [1.82, 2.24) is 19.4 Å². The molecule has 5 nitrogen and oxygen atoms in total. The molecule has 2 rings (SSSR count). The van der Waals surface area contributed by atoms with Gasteiger partial charge in [0, 0.05) is 43.3 Å². The van der Waals surface area contributed by atoms with Crippen molar-refractivity contribution in [3.63, 3.8) is 0 Å². The highest BCUT2D eigenvalue weighted by Gasteiger charge is 2.27. The minimum Gasteiger partial charge on any atom is -0.361 e. The first-order valence-electron chi connectivity index (χ1n) is 9.28. The second-order valence-electron chi connectivity index (χ2n) is 9.00. The first kappa shape index (κ1) is 21.1. The maximum Gasteiger partial charge on any atom is 0.107 e. The van der Waals surface area contributed by atoms with Crippen LogP contribution >= 0.6 is 22.6 Å². The molecule has 0 aromatic carbocycles. The summed E-state index contributed by atoms with van der Waals surface area (Å²) in [6.45, 7) is 19.8. The fourth-order valence-electron chi connectivity index (χ4n) is 3.22. The summed E-state index contributed by atoms with van der Waals surface area (Å²) in [5.41, 5.74) is 1.41. The fourth-order valence-corrected chi connectivity index (χ4v) is 3.62. The maximum absolute atomic E-state index is 6.24. The number of nitrogens with zero attached hydrogens (tertiary/aromatic N) is 4. The Morgan fingerprint density at radius 1 is 1.16 bits per heavy atom. The predicted molar refractivity (Wildman–Crippen MR) is 112 cm³/mol. The lowest BCUT2D eigenvalue weighted by atomic mass is 9.96. The summed E-state index contributed by atoms with van der Waals surface area (Å²) in [7, 11) is 0. The van der Waals surface area contributed by atoms with E-state index in [1.807, 2.05) is 6.33 Å². The van der Waals surface area contributed by atoms with Crippen LogP contribution in [0.4, 0.5) is 0 Å². The van der Waals surface area contributed by atoms with Gasteiger partial charge in [-0.25, -0.2) is 4.98 Å². The molecule has 1 atom stereocenters. The number of hydrogen-bond acceptors (Lipinski definition) is 4. The van der Waals surface area contributed by atoms with E-state index >= 15 is 0 Å². The van der Waals surface area contributed by atoms with E-state index in [9.17, 15) is 0 Å². The highest BCUT2D eigenvalue weighted by Crippen LogP contribution is 2.20. The van der Waals surface area contributed by atoms with Crippen LogP contribution < -0.4 is 0 Å². The van der Waals surface area contributed by atoms with Crippen LogP contribution in [-0.4, -0.2) is 64.9 Å². The molecular formula is C19H35IN4O. The molecule has 0 aliphatic carbocycles. The smallest absolute Gasteiger partial charge is 0.107 e. The normalized spacial score (nSPS) is 19.3. The van der Waals surface area contributed by atoms with Crippen LogP contribution in [0, 0.1) is 5.41 Å². The molecule has 144 valence electrons. The van der Waals surface area contributed by atoms with Crippen LogP contribution in [0.15, 0.2) is 12.5 Å². The van der Waals surface area contributed by atoms with Gasteiger partial charge in [-0.05, 0) is 26.2 Å². The van der Waals surface area contributed by atoms with Gasteiger partial charge >= 0.3 is 0 Å². The molecule has 1 aliphatic heterocycles. The Kier molecular flexibility index (Phi) is 7.33. The maximum atomic E-state index is 6.24. The van der Waals surface area contributed by atoms with E-state index in [4.69, 9.17) is 4.74 Å². The van der Waals surface area contributed by atoms with Gasteiger partial charge in [-0.2, -0.15) is 0 Å². The van der Waals surface area contributed by atoms with Gasteiger partial charge < -0.3 is 14.2 Å². The second-order valence-corrected chi connectivity index (χ2v) is 9.76. The molecule has 6 heteroatoms. The Balaban J connectivity index is 1.79. The van der Waals surface area contributed by atoms with E-state index in [0.717, 1.165) is 36.3 Å². The van der Waals surface area contributed by atoms with Gasteiger partial charge in [0.2, 0.25) is 0 Å². The molecule has 0 bridgehead atoms. The van der Waals surface area contributed by atoms with Crippen molar-refractivity contribution in [3.8, 4) is 0 Å². The zero-order valence-corrected chi connectivity index (χ0v) is 18.9.